The van der Waals surface area contributed by atoms with E-state index in [1.165, 1.54) is 12.1 Å². The lowest BCUT2D eigenvalue weighted by molar-refractivity contribution is -0.136. The number of benzene rings is 2. The molecule has 1 aliphatic rings. The molecule has 0 spiro atoms. The summed E-state index contributed by atoms with van der Waals surface area (Å²) in [6.45, 7) is 1.32. The first-order valence-corrected chi connectivity index (χ1v) is 13.5. The molecule has 11 nitrogen and oxygen atoms in total. The molecule has 1 amide bonds. The molecule has 1 fully saturated rings. The normalized spacial score (nSPS) is 16.5. The number of morpholine rings is 1. The van der Waals surface area contributed by atoms with Crippen LogP contribution in [-0.2, 0) is 19.4 Å². The number of para-hydroxylation sites is 1. The first kappa shape index (κ1) is 26.7. The van der Waals surface area contributed by atoms with Gasteiger partial charge in [-0.1, -0.05) is 29.8 Å². The van der Waals surface area contributed by atoms with Gasteiger partial charge in [-0.3, -0.25) is 14.5 Å². The van der Waals surface area contributed by atoms with Gasteiger partial charge in [0.1, 0.15) is 34.9 Å². The van der Waals surface area contributed by atoms with Gasteiger partial charge in [0.2, 0.25) is 0 Å². The summed E-state index contributed by atoms with van der Waals surface area (Å²) in [6, 6.07) is 12.2. The highest BCUT2D eigenvalue weighted by Crippen LogP contribution is 2.35. The van der Waals surface area contributed by atoms with E-state index in [1.807, 2.05) is 30.3 Å². The van der Waals surface area contributed by atoms with Crippen molar-refractivity contribution in [3.05, 3.63) is 53.2 Å². The molecule has 1 saturated heterocycles. The van der Waals surface area contributed by atoms with Crippen molar-refractivity contribution >= 4 is 49.9 Å². The summed E-state index contributed by atoms with van der Waals surface area (Å²) in [5.74, 6) is -1.64. The van der Waals surface area contributed by atoms with E-state index in [-0.39, 0.29) is 52.6 Å². The number of halogens is 1. The second-order valence-corrected chi connectivity index (χ2v) is 10.9. The van der Waals surface area contributed by atoms with Crippen molar-refractivity contribution in [3.8, 4) is 5.75 Å². The summed E-state index contributed by atoms with van der Waals surface area (Å²) in [7, 11) is -4.06. The van der Waals surface area contributed by atoms with Crippen molar-refractivity contribution in [3.63, 3.8) is 0 Å². The number of nitrogens with one attached hydrogen (secondary N) is 2. The van der Waals surface area contributed by atoms with Crippen LogP contribution >= 0.6 is 11.6 Å². The molecule has 5 N–H and O–H groups in total. The lowest BCUT2D eigenvalue weighted by Crippen LogP contribution is -2.46. The zero-order chi connectivity index (χ0) is 26.6. The van der Waals surface area contributed by atoms with Gasteiger partial charge in [0.25, 0.3) is 5.91 Å². The van der Waals surface area contributed by atoms with Gasteiger partial charge in [-0.15, -0.1) is 0 Å². The standard InChI is InChI=1S/C24H27ClN4O7S/c25-15-10-18-21(19(11-15)27-7-6-20(30)31)28-22(24(26)32)23(18)37(33,34)14-29-8-9-35-17(12-29)13-36-16-4-2-1-3-5-16/h1-5,10-11,17,27-28H,6-9,12-14H2,(H2,26,32)(H,30,31). The highest BCUT2D eigenvalue weighted by Gasteiger charge is 2.32. The van der Waals surface area contributed by atoms with Gasteiger partial charge in [0.15, 0.2) is 9.84 Å². The van der Waals surface area contributed by atoms with Crippen LogP contribution < -0.4 is 15.8 Å². The molecule has 37 heavy (non-hydrogen) atoms. The number of hydrogen-bond donors (Lipinski definition) is 4. The van der Waals surface area contributed by atoms with Crippen LogP contribution in [0.15, 0.2) is 47.4 Å². The highest BCUT2D eigenvalue weighted by molar-refractivity contribution is 7.91. The van der Waals surface area contributed by atoms with Crippen LogP contribution in [0.1, 0.15) is 16.9 Å². The number of carbonyl (C=O) groups is 2. The van der Waals surface area contributed by atoms with Gasteiger partial charge in [0.05, 0.1) is 24.2 Å². The summed E-state index contributed by atoms with van der Waals surface area (Å²) in [6.07, 6.45) is -0.517. The zero-order valence-corrected chi connectivity index (χ0v) is 21.3. The predicted molar refractivity (Wildman–Crippen MR) is 138 cm³/mol. The fourth-order valence-corrected chi connectivity index (χ4v) is 6.21. The van der Waals surface area contributed by atoms with E-state index >= 15 is 0 Å². The van der Waals surface area contributed by atoms with Crippen molar-refractivity contribution < 1.29 is 32.6 Å². The molecule has 13 heteroatoms. The maximum absolute atomic E-state index is 13.6. The third kappa shape index (κ3) is 6.52. The Hall–Kier alpha value is -3.32. The quantitative estimate of drug-likeness (QED) is 0.280. The molecule has 0 aliphatic carbocycles. The maximum Gasteiger partial charge on any atom is 0.305 e. The Morgan fingerprint density at radius 3 is 2.73 bits per heavy atom. The van der Waals surface area contributed by atoms with E-state index in [0.717, 1.165) is 0 Å². The molecule has 4 rings (SSSR count). The Balaban J connectivity index is 1.57. The Morgan fingerprint density at radius 2 is 2.03 bits per heavy atom. The number of carboxylic acids is 1. The van der Waals surface area contributed by atoms with Gasteiger partial charge in [0, 0.05) is 30.0 Å². The monoisotopic (exact) mass is 550 g/mol. The Bertz CT molecular complexity index is 1400. The fourth-order valence-electron chi connectivity index (χ4n) is 4.19. The van der Waals surface area contributed by atoms with E-state index in [1.54, 1.807) is 4.90 Å². The van der Waals surface area contributed by atoms with Gasteiger partial charge >= 0.3 is 5.97 Å². The molecule has 3 aromatic rings. The number of rotatable bonds is 11. The molecule has 0 saturated carbocycles. The Labute approximate surface area is 218 Å². The average molecular weight is 551 g/mol. The van der Waals surface area contributed by atoms with E-state index in [0.29, 0.717) is 36.6 Å². The highest BCUT2D eigenvalue weighted by atomic mass is 35.5. The zero-order valence-electron chi connectivity index (χ0n) is 19.8. The van der Waals surface area contributed by atoms with Crippen LogP contribution in [0.2, 0.25) is 5.02 Å². The summed E-state index contributed by atoms with van der Waals surface area (Å²) in [5, 5.41) is 12.2. The average Bonchev–Trinajstić information content (AvgIpc) is 3.24. The van der Waals surface area contributed by atoms with Gasteiger partial charge in [-0.2, -0.15) is 0 Å². The van der Waals surface area contributed by atoms with E-state index in [9.17, 15) is 18.0 Å². The summed E-state index contributed by atoms with van der Waals surface area (Å²) >= 11 is 6.25. The molecule has 1 atom stereocenters. The molecule has 1 unspecified atom stereocenters. The minimum atomic E-state index is -4.06. The Kier molecular flexibility index (Phi) is 8.22. The fraction of sp³-hybridized carbons (Fsp3) is 0.333. The lowest BCUT2D eigenvalue weighted by Gasteiger charge is -2.32. The molecular weight excluding hydrogens is 524 g/mol. The van der Waals surface area contributed by atoms with Crippen LogP contribution in [0.5, 0.6) is 5.75 Å². The maximum atomic E-state index is 13.6. The van der Waals surface area contributed by atoms with Gasteiger partial charge < -0.3 is 30.6 Å². The van der Waals surface area contributed by atoms with Crippen molar-refractivity contribution in [2.45, 2.75) is 17.4 Å². The van der Waals surface area contributed by atoms with Gasteiger partial charge in [-0.05, 0) is 24.3 Å². The van der Waals surface area contributed by atoms with E-state index in [2.05, 4.69) is 10.3 Å². The van der Waals surface area contributed by atoms with Crippen LogP contribution in [0.4, 0.5) is 5.69 Å². The largest absolute Gasteiger partial charge is 0.491 e. The van der Waals surface area contributed by atoms with Crippen molar-refractivity contribution in [1.82, 2.24) is 9.88 Å². The Morgan fingerprint density at radius 1 is 1.27 bits per heavy atom. The van der Waals surface area contributed by atoms with E-state index < -0.39 is 21.7 Å². The topological polar surface area (TPSA) is 164 Å². The predicted octanol–water partition coefficient (Wildman–Crippen LogP) is 2.32. The summed E-state index contributed by atoms with van der Waals surface area (Å²) in [4.78, 5) is 27.4. The number of nitrogens with two attached hydrogens (primary N) is 1. The number of aromatic amines is 1. The van der Waals surface area contributed by atoms with Crippen LogP contribution in [-0.4, -0.2) is 80.1 Å². The smallest absolute Gasteiger partial charge is 0.305 e. The minimum Gasteiger partial charge on any atom is -0.491 e. The number of amides is 1. The molecule has 198 valence electrons. The third-order valence-corrected chi connectivity index (χ3v) is 7.76. The number of fused-ring (bicyclic) bond motifs is 1. The molecule has 1 aliphatic heterocycles. The number of H-pyrrole nitrogens is 1. The number of anilines is 1. The van der Waals surface area contributed by atoms with Crippen LogP contribution in [0, 0.1) is 0 Å². The molecule has 0 radical (unpaired) electrons. The number of hydrogen-bond acceptors (Lipinski definition) is 8. The van der Waals surface area contributed by atoms with Crippen LogP contribution in [0.25, 0.3) is 10.9 Å². The lowest BCUT2D eigenvalue weighted by atomic mass is 10.2. The molecule has 2 aromatic carbocycles. The number of carbonyl (C=O) groups excluding carboxylic acids is 1. The number of sulfone groups is 1. The molecule has 0 bridgehead atoms. The molecular formula is C24H27ClN4O7S. The second kappa shape index (κ2) is 11.4. The second-order valence-electron chi connectivity index (χ2n) is 8.58. The number of nitrogens with zero attached hydrogens (tertiary/aromatic N) is 1. The van der Waals surface area contributed by atoms with Crippen molar-refractivity contribution in [2.24, 2.45) is 5.73 Å². The number of aliphatic carboxylic acids is 1. The SMILES string of the molecule is NC(=O)c1[nH]c2c(NCCC(=O)O)cc(Cl)cc2c1S(=O)(=O)CN1CCOC(COc2ccccc2)C1. The van der Waals surface area contributed by atoms with Crippen LogP contribution in [0.3, 0.4) is 0 Å². The van der Waals surface area contributed by atoms with Crippen molar-refractivity contribution in [2.75, 3.05) is 44.0 Å². The first-order valence-electron chi connectivity index (χ1n) is 11.5. The van der Waals surface area contributed by atoms with Crippen molar-refractivity contribution in [1.29, 1.82) is 0 Å². The first-order chi connectivity index (χ1) is 17.6. The summed E-state index contributed by atoms with van der Waals surface area (Å²) < 4.78 is 38.8. The summed E-state index contributed by atoms with van der Waals surface area (Å²) in [5.41, 5.74) is 5.92. The number of carboxylic acid groups (broad SMARTS) is 1. The van der Waals surface area contributed by atoms with Gasteiger partial charge in [-0.25, -0.2) is 8.42 Å². The number of aromatic nitrogens is 1. The molecule has 2 heterocycles. The van der Waals surface area contributed by atoms with E-state index in [4.69, 9.17) is 31.9 Å². The minimum absolute atomic E-state index is 0.0675. The third-order valence-electron chi connectivity index (χ3n) is 5.79. The number of ether oxygens (including phenoxy) is 2. The number of primary amides is 1. The molecule has 1 aromatic heterocycles.